The number of aryl methyl sites for hydroxylation is 1. The summed E-state index contributed by atoms with van der Waals surface area (Å²) in [5.41, 5.74) is 0.433. The van der Waals surface area contributed by atoms with Gasteiger partial charge in [0, 0.05) is 29.0 Å². The number of rotatable bonds is 11. The van der Waals surface area contributed by atoms with Crippen LogP contribution in [0.5, 0.6) is 5.75 Å². The van der Waals surface area contributed by atoms with Gasteiger partial charge in [-0.25, -0.2) is 9.78 Å². The molecule has 11 nitrogen and oxygen atoms in total. The van der Waals surface area contributed by atoms with E-state index >= 15 is 0 Å². The molecule has 2 amide bonds. The highest BCUT2D eigenvalue weighted by molar-refractivity contribution is 6.31. The van der Waals surface area contributed by atoms with E-state index in [-0.39, 0.29) is 19.1 Å². The van der Waals surface area contributed by atoms with Crippen LogP contribution in [0, 0.1) is 0 Å². The summed E-state index contributed by atoms with van der Waals surface area (Å²) in [7, 11) is 0. The zero-order chi connectivity index (χ0) is 29.2. The Bertz CT molecular complexity index is 1410. The first-order valence-electron chi connectivity index (χ1n) is 13.1. The van der Waals surface area contributed by atoms with Gasteiger partial charge in [-0.1, -0.05) is 35.9 Å². The Labute approximate surface area is 243 Å². The SMILES string of the molecule is CC(C)(C)OC(=O)N(CCOc1cc(Cl)cc(C(=O)N(CCCn2ncnn2)c2ccccc2)c1)c1ccccn1. The minimum atomic E-state index is -0.677. The maximum Gasteiger partial charge on any atom is 0.416 e. The van der Waals surface area contributed by atoms with Gasteiger partial charge in [0.2, 0.25) is 0 Å². The van der Waals surface area contributed by atoms with E-state index in [1.165, 1.54) is 16.0 Å². The topological polar surface area (TPSA) is 116 Å². The van der Waals surface area contributed by atoms with Crippen LogP contribution in [0.4, 0.5) is 16.3 Å². The number of amides is 2. The second kappa shape index (κ2) is 13.7. The Morgan fingerprint density at radius 2 is 1.76 bits per heavy atom. The number of ether oxygens (including phenoxy) is 2. The fourth-order valence-electron chi connectivity index (χ4n) is 3.93. The number of hydrogen-bond acceptors (Lipinski definition) is 8. The fourth-order valence-corrected chi connectivity index (χ4v) is 4.15. The molecule has 12 heteroatoms. The second-order valence-electron chi connectivity index (χ2n) is 10.0. The highest BCUT2D eigenvalue weighted by Gasteiger charge is 2.24. The number of pyridine rings is 1. The maximum absolute atomic E-state index is 13.7. The molecule has 0 radical (unpaired) electrons. The van der Waals surface area contributed by atoms with Crippen molar-refractivity contribution in [1.29, 1.82) is 0 Å². The van der Waals surface area contributed by atoms with Gasteiger partial charge in [0.15, 0.2) is 6.33 Å². The molecule has 0 bridgehead atoms. The minimum absolute atomic E-state index is 0.108. The molecule has 0 unspecified atom stereocenters. The third kappa shape index (κ3) is 8.74. The molecule has 4 aromatic rings. The standard InChI is InChI=1S/C29H32ClN7O4/c1-29(2,3)41-28(39)36(26-12-7-8-13-31-26)16-17-40-25-19-22(18-23(30)20-25)27(38)35(24-10-5-4-6-11-24)14-9-15-37-33-21-32-34-37/h4-8,10-13,18-21H,9,14-17H2,1-3H3. The maximum atomic E-state index is 13.7. The van der Waals surface area contributed by atoms with Crippen molar-refractivity contribution < 1.29 is 19.1 Å². The molecule has 2 aromatic carbocycles. The zero-order valence-corrected chi connectivity index (χ0v) is 23.9. The van der Waals surface area contributed by atoms with Gasteiger partial charge in [-0.15, -0.1) is 10.2 Å². The number of carbonyl (C=O) groups excluding carboxylic acids is 2. The molecule has 0 spiro atoms. The Hall–Kier alpha value is -4.51. The molecule has 0 fully saturated rings. The van der Waals surface area contributed by atoms with Crippen LogP contribution in [0.3, 0.4) is 0 Å². The van der Waals surface area contributed by atoms with Crippen molar-refractivity contribution in [2.75, 3.05) is 29.5 Å². The summed E-state index contributed by atoms with van der Waals surface area (Å²) >= 11 is 6.41. The van der Waals surface area contributed by atoms with Crippen molar-refractivity contribution in [2.45, 2.75) is 39.3 Å². The van der Waals surface area contributed by atoms with Crippen LogP contribution < -0.4 is 14.5 Å². The van der Waals surface area contributed by atoms with Gasteiger partial charge in [-0.05, 0) is 74.9 Å². The summed E-state index contributed by atoms with van der Waals surface area (Å²) in [6, 6.07) is 19.5. The van der Waals surface area contributed by atoms with E-state index in [0.29, 0.717) is 41.7 Å². The third-order valence-electron chi connectivity index (χ3n) is 5.69. The van der Waals surface area contributed by atoms with Gasteiger partial charge < -0.3 is 14.4 Å². The summed E-state index contributed by atoms with van der Waals surface area (Å²) < 4.78 is 11.5. The average molecular weight is 578 g/mol. The molecular formula is C29H32ClN7O4. The Balaban J connectivity index is 1.47. The van der Waals surface area contributed by atoms with E-state index in [1.807, 2.05) is 30.3 Å². The van der Waals surface area contributed by atoms with Crippen molar-refractivity contribution in [3.63, 3.8) is 0 Å². The molecule has 4 rings (SSSR count). The lowest BCUT2D eigenvalue weighted by atomic mass is 10.1. The number of halogens is 1. The van der Waals surface area contributed by atoms with E-state index in [0.717, 1.165) is 5.69 Å². The largest absolute Gasteiger partial charge is 0.492 e. The summed E-state index contributed by atoms with van der Waals surface area (Å²) in [4.78, 5) is 35.5. The lowest BCUT2D eigenvalue weighted by molar-refractivity contribution is 0.0574. The van der Waals surface area contributed by atoms with Crippen LogP contribution in [0.1, 0.15) is 37.6 Å². The molecule has 0 saturated heterocycles. The van der Waals surface area contributed by atoms with Gasteiger partial charge in [0.05, 0.1) is 13.1 Å². The third-order valence-corrected chi connectivity index (χ3v) is 5.90. The number of aromatic nitrogens is 5. The Morgan fingerprint density at radius 1 is 0.976 bits per heavy atom. The number of carbonyl (C=O) groups is 2. The van der Waals surface area contributed by atoms with E-state index in [2.05, 4.69) is 20.4 Å². The number of hydrogen-bond donors (Lipinski definition) is 0. The predicted molar refractivity (Wildman–Crippen MR) is 155 cm³/mol. The van der Waals surface area contributed by atoms with E-state index in [1.54, 1.807) is 68.3 Å². The first-order valence-corrected chi connectivity index (χ1v) is 13.5. The normalized spacial score (nSPS) is 11.1. The number of tetrazole rings is 1. The number of nitrogens with zero attached hydrogens (tertiary/aromatic N) is 7. The number of para-hydroxylation sites is 1. The molecular weight excluding hydrogens is 546 g/mol. The summed E-state index contributed by atoms with van der Waals surface area (Å²) in [5, 5.41) is 12.0. The van der Waals surface area contributed by atoms with Gasteiger partial charge in [0.25, 0.3) is 5.91 Å². The van der Waals surface area contributed by atoms with Gasteiger partial charge in [-0.3, -0.25) is 9.69 Å². The van der Waals surface area contributed by atoms with Crippen LogP contribution in [0.25, 0.3) is 0 Å². The summed E-state index contributed by atoms with van der Waals surface area (Å²) in [6.07, 6.45) is 3.04. The molecule has 0 aliphatic heterocycles. The van der Waals surface area contributed by atoms with Crippen molar-refractivity contribution in [2.24, 2.45) is 0 Å². The molecule has 0 atom stereocenters. The molecule has 2 heterocycles. The average Bonchev–Trinajstić information content (AvgIpc) is 3.46. The number of anilines is 2. The highest BCUT2D eigenvalue weighted by Crippen LogP contribution is 2.25. The van der Waals surface area contributed by atoms with E-state index < -0.39 is 11.7 Å². The Morgan fingerprint density at radius 3 is 2.44 bits per heavy atom. The fraction of sp³-hybridized carbons (Fsp3) is 0.310. The molecule has 0 N–H and O–H groups in total. The molecule has 0 aliphatic rings. The van der Waals surface area contributed by atoms with Crippen LogP contribution in [-0.4, -0.2) is 62.5 Å². The summed E-state index contributed by atoms with van der Waals surface area (Å²) in [5.74, 6) is 0.594. The van der Waals surface area contributed by atoms with E-state index in [4.69, 9.17) is 21.1 Å². The van der Waals surface area contributed by atoms with Crippen molar-refractivity contribution in [3.05, 3.63) is 89.8 Å². The van der Waals surface area contributed by atoms with Crippen molar-refractivity contribution in [1.82, 2.24) is 25.2 Å². The monoisotopic (exact) mass is 577 g/mol. The second-order valence-corrected chi connectivity index (χ2v) is 10.5. The first kappa shape index (κ1) is 29.5. The van der Waals surface area contributed by atoms with Crippen LogP contribution in [-0.2, 0) is 11.3 Å². The molecule has 41 heavy (non-hydrogen) atoms. The molecule has 2 aromatic heterocycles. The first-order chi connectivity index (χ1) is 19.7. The van der Waals surface area contributed by atoms with Gasteiger partial charge in [-0.2, -0.15) is 4.80 Å². The predicted octanol–water partition coefficient (Wildman–Crippen LogP) is 5.28. The molecule has 0 saturated carbocycles. The van der Waals surface area contributed by atoms with E-state index in [9.17, 15) is 9.59 Å². The lowest BCUT2D eigenvalue weighted by Gasteiger charge is -2.26. The summed E-state index contributed by atoms with van der Waals surface area (Å²) in [6.45, 7) is 6.59. The number of benzene rings is 2. The van der Waals surface area contributed by atoms with Crippen LogP contribution in [0.15, 0.2) is 79.3 Å². The van der Waals surface area contributed by atoms with Crippen molar-refractivity contribution in [3.8, 4) is 5.75 Å². The van der Waals surface area contributed by atoms with Crippen LogP contribution in [0.2, 0.25) is 5.02 Å². The molecule has 214 valence electrons. The van der Waals surface area contributed by atoms with Crippen LogP contribution >= 0.6 is 11.6 Å². The lowest BCUT2D eigenvalue weighted by Crippen LogP contribution is -2.39. The Kier molecular flexibility index (Phi) is 9.86. The van der Waals surface area contributed by atoms with Gasteiger partial charge in [0.1, 0.15) is 23.8 Å². The minimum Gasteiger partial charge on any atom is -0.492 e. The van der Waals surface area contributed by atoms with Gasteiger partial charge >= 0.3 is 6.09 Å². The molecule has 0 aliphatic carbocycles. The smallest absolute Gasteiger partial charge is 0.416 e. The zero-order valence-electron chi connectivity index (χ0n) is 23.2. The highest BCUT2D eigenvalue weighted by atomic mass is 35.5. The quantitative estimate of drug-likeness (QED) is 0.236. The van der Waals surface area contributed by atoms with Crippen molar-refractivity contribution >= 4 is 35.1 Å².